The van der Waals surface area contributed by atoms with Crippen molar-refractivity contribution >= 4 is 17.8 Å². The molecule has 1 saturated heterocycles. The monoisotopic (exact) mass is 650 g/mol. The fraction of sp³-hybridized carbons (Fsp3) is 0.256. The van der Waals surface area contributed by atoms with Gasteiger partial charge >= 0.3 is 0 Å². The average Bonchev–Trinajstić information content (AvgIpc) is 3.63. The normalized spacial score (nSPS) is 17.7. The number of benzene rings is 4. The van der Waals surface area contributed by atoms with E-state index < -0.39 is 0 Å². The average molecular weight is 651 g/mol. The van der Waals surface area contributed by atoms with Crippen molar-refractivity contribution in [2.45, 2.75) is 30.7 Å². The zero-order chi connectivity index (χ0) is 32.6. The molecule has 2 unspecified atom stereocenters. The molecule has 2 aliphatic heterocycles. The first-order chi connectivity index (χ1) is 23.7. The maximum atomic E-state index is 6.23. The van der Waals surface area contributed by atoms with Crippen LogP contribution in [0, 0.1) is 5.92 Å². The lowest BCUT2D eigenvalue weighted by molar-refractivity contribution is 0.107. The van der Waals surface area contributed by atoms with Gasteiger partial charge in [0.2, 0.25) is 0 Å². The Hall–Kier alpha value is -4.35. The summed E-state index contributed by atoms with van der Waals surface area (Å²) in [5.74, 6) is 0.125. The van der Waals surface area contributed by atoms with E-state index in [2.05, 4.69) is 137 Å². The van der Waals surface area contributed by atoms with Gasteiger partial charge in [-0.15, -0.1) is 0 Å². The van der Waals surface area contributed by atoms with Crippen LogP contribution in [-0.2, 0) is 5.41 Å². The van der Waals surface area contributed by atoms with Crippen molar-refractivity contribution in [1.82, 2.24) is 14.8 Å². The summed E-state index contributed by atoms with van der Waals surface area (Å²) in [6.45, 7) is 5.27. The molecule has 0 bridgehead atoms. The molecule has 0 saturated carbocycles. The van der Waals surface area contributed by atoms with E-state index in [1.807, 2.05) is 24.4 Å². The van der Waals surface area contributed by atoms with Crippen molar-refractivity contribution in [3.8, 4) is 0 Å². The summed E-state index contributed by atoms with van der Waals surface area (Å²) in [6, 6.07) is 47.5. The van der Waals surface area contributed by atoms with Crippen LogP contribution in [0.25, 0.3) is 0 Å². The number of aromatic nitrogens is 1. The molecule has 0 radical (unpaired) electrons. The smallest absolute Gasteiger partial charge is 0.0777 e. The summed E-state index contributed by atoms with van der Waals surface area (Å²) in [7, 11) is 0. The zero-order valence-electron chi connectivity index (χ0n) is 27.4. The van der Waals surface area contributed by atoms with Gasteiger partial charge in [0.15, 0.2) is 0 Å². The molecular formula is C43H43ClN4. The first kappa shape index (κ1) is 32.2. The predicted molar refractivity (Wildman–Crippen MR) is 199 cm³/mol. The van der Waals surface area contributed by atoms with Crippen LogP contribution in [-0.4, -0.2) is 53.7 Å². The topological polar surface area (TPSA) is 31.7 Å². The highest BCUT2D eigenvalue weighted by Gasteiger charge is 2.43. The number of piperazine rings is 1. The molecule has 0 aliphatic carbocycles. The summed E-state index contributed by atoms with van der Waals surface area (Å²) in [4.78, 5) is 15.0. The standard InChI is InChI=1S/C43H43ClN4/c44-39-24-22-34(23-25-39)42(41-21-10-12-26-45-41)48-30-28-47(29-31-48)27-13-11-20-40-32-38(33-46-40)43(35-14-4-1-5-15-35,36-16-6-2-7-17-36)37-18-8-3-9-19-37/h1-10,12,14-19,21-26,32-33,38,42H,11,13,20,27-31H2. The van der Waals surface area contributed by atoms with E-state index in [0.29, 0.717) is 0 Å². The van der Waals surface area contributed by atoms with Crippen LogP contribution in [0.5, 0.6) is 0 Å². The Morgan fingerprint density at radius 2 is 1.25 bits per heavy atom. The van der Waals surface area contributed by atoms with Crippen molar-refractivity contribution in [3.63, 3.8) is 0 Å². The van der Waals surface area contributed by atoms with E-state index in [-0.39, 0.29) is 17.4 Å². The highest BCUT2D eigenvalue weighted by Crippen LogP contribution is 2.47. The molecular weight excluding hydrogens is 608 g/mol. The first-order valence-electron chi connectivity index (χ1n) is 17.3. The molecule has 4 aromatic carbocycles. The Balaban J connectivity index is 0.994. The minimum Gasteiger partial charge on any atom is -0.301 e. The van der Waals surface area contributed by atoms with Crippen molar-refractivity contribution in [2.24, 2.45) is 10.9 Å². The molecule has 2 atom stereocenters. The Bertz CT molecular complexity index is 1690. The van der Waals surface area contributed by atoms with Crippen LogP contribution in [0.3, 0.4) is 0 Å². The number of hydrogen-bond acceptors (Lipinski definition) is 4. The van der Waals surface area contributed by atoms with Gasteiger partial charge in [0.1, 0.15) is 0 Å². The van der Waals surface area contributed by atoms with Crippen LogP contribution >= 0.6 is 11.6 Å². The molecule has 1 fully saturated rings. The van der Waals surface area contributed by atoms with Gasteiger partial charge in [-0.2, -0.15) is 0 Å². The predicted octanol–water partition coefficient (Wildman–Crippen LogP) is 9.23. The number of pyridine rings is 1. The molecule has 0 spiro atoms. The lowest BCUT2D eigenvalue weighted by Gasteiger charge is -2.39. The summed E-state index contributed by atoms with van der Waals surface area (Å²) >= 11 is 6.23. The number of aliphatic imine (C=N–C) groups is 1. The second-order valence-electron chi connectivity index (χ2n) is 12.9. The van der Waals surface area contributed by atoms with Gasteiger partial charge in [-0.25, -0.2) is 0 Å². The van der Waals surface area contributed by atoms with E-state index in [0.717, 1.165) is 56.3 Å². The minimum absolute atomic E-state index is 0.125. The van der Waals surface area contributed by atoms with E-state index in [9.17, 15) is 0 Å². The Kier molecular flexibility index (Phi) is 10.2. The molecule has 0 N–H and O–H groups in total. The molecule has 5 heteroatoms. The van der Waals surface area contributed by atoms with Crippen molar-refractivity contribution in [2.75, 3.05) is 32.7 Å². The summed E-state index contributed by atoms with van der Waals surface area (Å²) in [5, 5.41) is 0.765. The summed E-state index contributed by atoms with van der Waals surface area (Å²) < 4.78 is 0. The van der Waals surface area contributed by atoms with Gasteiger partial charge in [0, 0.05) is 55.2 Å². The fourth-order valence-electron chi connectivity index (χ4n) is 7.67. The second kappa shape index (κ2) is 15.3. The maximum Gasteiger partial charge on any atom is 0.0777 e. The quantitative estimate of drug-likeness (QED) is 0.0997. The molecule has 1 aromatic heterocycles. The first-order valence-corrected chi connectivity index (χ1v) is 17.6. The summed E-state index contributed by atoms with van der Waals surface area (Å²) in [6.07, 6.45) is 9.82. The number of rotatable bonds is 12. The Labute approximate surface area is 290 Å². The molecule has 48 heavy (non-hydrogen) atoms. The maximum absolute atomic E-state index is 6.23. The van der Waals surface area contributed by atoms with Crippen LogP contribution in [0.1, 0.15) is 53.3 Å². The second-order valence-corrected chi connectivity index (χ2v) is 13.3. The fourth-order valence-corrected chi connectivity index (χ4v) is 7.80. The van der Waals surface area contributed by atoms with Crippen LogP contribution in [0.2, 0.25) is 5.02 Å². The number of halogens is 1. The number of allylic oxidation sites excluding steroid dienone is 2. The van der Waals surface area contributed by atoms with Gasteiger partial charge in [-0.1, -0.05) is 127 Å². The van der Waals surface area contributed by atoms with Crippen LogP contribution in [0.4, 0.5) is 0 Å². The number of hydrogen-bond donors (Lipinski definition) is 0. The molecule has 0 amide bonds. The van der Waals surface area contributed by atoms with E-state index in [1.165, 1.54) is 34.4 Å². The molecule has 242 valence electrons. The van der Waals surface area contributed by atoms with E-state index in [1.54, 1.807) is 0 Å². The van der Waals surface area contributed by atoms with Gasteiger partial charge in [-0.3, -0.25) is 14.9 Å². The Morgan fingerprint density at radius 3 is 1.81 bits per heavy atom. The number of nitrogens with zero attached hydrogens (tertiary/aromatic N) is 4. The third-order valence-electron chi connectivity index (χ3n) is 10.0. The molecule has 5 aromatic rings. The Morgan fingerprint density at radius 1 is 0.667 bits per heavy atom. The van der Waals surface area contributed by atoms with Crippen LogP contribution in [0.15, 0.2) is 156 Å². The van der Waals surface area contributed by atoms with Gasteiger partial charge < -0.3 is 4.90 Å². The lowest BCUT2D eigenvalue weighted by atomic mass is 9.62. The third-order valence-corrected chi connectivity index (χ3v) is 10.3. The van der Waals surface area contributed by atoms with Crippen molar-refractivity contribution in [3.05, 3.63) is 184 Å². The minimum atomic E-state index is -0.353. The zero-order valence-corrected chi connectivity index (χ0v) is 28.2. The van der Waals surface area contributed by atoms with Gasteiger partial charge in [0.25, 0.3) is 0 Å². The van der Waals surface area contributed by atoms with Crippen molar-refractivity contribution in [1.29, 1.82) is 0 Å². The highest BCUT2D eigenvalue weighted by atomic mass is 35.5. The van der Waals surface area contributed by atoms with E-state index >= 15 is 0 Å². The van der Waals surface area contributed by atoms with Crippen LogP contribution < -0.4 is 0 Å². The molecule has 3 heterocycles. The third kappa shape index (κ3) is 6.93. The SMILES string of the molecule is Clc1ccc(C(c2ccccn2)N2CCN(CCCCC3=CC(C(c4ccccc4)(c4ccccc4)c4ccccc4)C=N3)CC2)cc1. The van der Waals surface area contributed by atoms with Gasteiger partial charge in [-0.05, 0) is 72.3 Å². The summed E-state index contributed by atoms with van der Waals surface area (Å²) in [5.41, 5.74) is 7.05. The lowest BCUT2D eigenvalue weighted by Crippen LogP contribution is -2.48. The molecule has 7 rings (SSSR count). The van der Waals surface area contributed by atoms with Gasteiger partial charge in [0.05, 0.1) is 17.2 Å². The van der Waals surface area contributed by atoms with Crippen molar-refractivity contribution < 1.29 is 0 Å². The van der Waals surface area contributed by atoms with E-state index in [4.69, 9.17) is 21.6 Å². The largest absolute Gasteiger partial charge is 0.301 e. The number of unbranched alkanes of at least 4 members (excludes halogenated alkanes) is 1. The highest BCUT2D eigenvalue weighted by molar-refractivity contribution is 6.30. The molecule has 4 nitrogen and oxygen atoms in total. The molecule has 2 aliphatic rings.